The molecular formula is C25H33N11O5S3. The molecular weight excluding hydrogens is 631 g/mol. The largest absolute Gasteiger partial charge is 0.477 e. The molecule has 0 spiro atoms. The van der Waals surface area contributed by atoms with Crippen molar-refractivity contribution >= 4 is 63.5 Å². The average Bonchev–Trinajstić information content (AvgIpc) is 3.66. The fourth-order valence-electron chi connectivity index (χ4n) is 5.11. The lowest BCUT2D eigenvalue weighted by atomic mass is 10.0. The smallest absolute Gasteiger partial charge is 0.352 e. The number of amides is 2. The Hall–Kier alpha value is -3.52. The second kappa shape index (κ2) is 14.5. The molecule has 16 nitrogen and oxygen atoms in total. The van der Waals surface area contributed by atoms with Gasteiger partial charge in [0.25, 0.3) is 11.8 Å². The van der Waals surface area contributed by atoms with Crippen LogP contribution in [0.4, 0.5) is 5.13 Å². The number of nitrogens with zero attached hydrogens (tertiary/aromatic N) is 9. The van der Waals surface area contributed by atoms with Crippen molar-refractivity contribution in [3.63, 3.8) is 0 Å². The molecule has 2 aromatic rings. The molecule has 2 saturated heterocycles. The van der Waals surface area contributed by atoms with Crippen LogP contribution >= 0.6 is 34.9 Å². The van der Waals surface area contributed by atoms with Crippen LogP contribution in [-0.4, -0.2) is 138 Å². The van der Waals surface area contributed by atoms with Crippen molar-refractivity contribution < 1.29 is 24.3 Å². The molecule has 1 unspecified atom stereocenters. The van der Waals surface area contributed by atoms with Gasteiger partial charge in [0.1, 0.15) is 29.9 Å². The van der Waals surface area contributed by atoms with E-state index in [4.69, 9.17) is 10.6 Å². The normalized spacial score (nSPS) is 21.2. The number of carbonyl (C=O) groups excluding carboxylic acids is 2. The van der Waals surface area contributed by atoms with Crippen LogP contribution in [0.2, 0.25) is 0 Å². The second-order valence-electron chi connectivity index (χ2n) is 10.1. The number of carbonyl (C=O) groups is 3. The number of anilines is 1. The molecule has 0 saturated carbocycles. The molecule has 2 aromatic heterocycles. The topological polar surface area (TPSA) is 197 Å². The summed E-state index contributed by atoms with van der Waals surface area (Å²) in [6.07, 6.45) is 2.81. The van der Waals surface area contributed by atoms with Gasteiger partial charge in [-0.15, -0.1) is 34.8 Å². The average molecular weight is 664 g/mol. The quantitative estimate of drug-likeness (QED) is 0.0789. The van der Waals surface area contributed by atoms with Crippen LogP contribution in [0.1, 0.15) is 12.1 Å². The number of rotatable bonds is 14. The number of nitrogens with one attached hydrogen (secondary N) is 1. The minimum atomic E-state index is -1.21. The van der Waals surface area contributed by atoms with Gasteiger partial charge in [0.2, 0.25) is 5.16 Å². The summed E-state index contributed by atoms with van der Waals surface area (Å²) in [5.74, 6) is -1.77. The van der Waals surface area contributed by atoms with Crippen LogP contribution in [0.3, 0.4) is 0 Å². The highest BCUT2D eigenvalue weighted by molar-refractivity contribution is 8.01. The summed E-state index contributed by atoms with van der Waals surface area (Å²) in [5, 5.41) is 30.3. The molecule has 44 heavy (non-hydrogen) atoms. The Morgan fingerprint density at radius 1 is 1.30 bits per heavy atom. The zero-order valence-corrected chi connectivity index (χ0v) is 26.4. The molecule has 2 atom stereocenters. The number of hydrogen-bond donors (Lipinski definition) is 3. The lowest BCUT2D eigenvalue weighted by Gasteiger charge is -2.49. The third kappa shape index (κ3) is 7.06. The summed E-state index contributed by atoms with van der Waals surface area (Å²) in [6, 6.07) is -0.939. The minimum Gasteiger partial charge on any atom is -0.477 e. The summed E-state index contributed by atoms with van der Waals surface area (Å²) < 4.78 is 1.73. The lowest BCUT2D eigenvalue weighted by molar-refractivity contribution is -0.150. The van der Waals surface area contributed by atoms with Crippen molar-refractivity contribution in [3.8, 4) is 0 Å². The van der Waals surface area contributed by atoms with E-state index in [1.807, 2.05) is 6.08 Å². The zero-order valence-electron chi connectivity index (χ0n) is 24.0. The number of carboxylic acids is 1. The number of nitrogens with two attached hydrogens (primary N) is 1. The monoisotopic (exact) mass is 663 g/mol. The number of oxime groups is 1. The highest BCUT2D eigenvalue weighted by Crippen LogP contribution is 2.41. The van der Waals surface area contributed by atoms with Crippen LogP contribution in [0.15, 0.2) is 39.6 Å². The number of β-lactam (4-membered cyclic amide) rings is 1. The van der Waals surface area contributed by atoms with Gasteiger partial charge < -0.3 is 25.9 Å². The predicted molar refractivity (Wildman–Crippen MR) is 166 cm³/mol. The first-order valence-corrected chi connectivity index (χ1v) is 16.7. The van der Waals surface area contributed by atoms with Crippen LogP contribution in [0.5, 0.6) is 0 Å². The summed E-state index contributed by atoms with van der Waals surface area (Å²) in [6.45, 7) is 10.4. The Labute approximate surface area is 265 Å². The van der Waals surface area contributed by atoms with Gasteiger partial charge in [0.05, 0.1) is 0 Å². The van der Waals surface area contributed by atoms with Crippen LogP contribution < -0.4 is 11.1 Å². The number of thiazole rings is 1. The van der Waals surface area contributed by atoms with Gasteiger partial charge >= 0.3 is 5.97 Å². The molecule has 2 amide bonds. The number of fused-ring (bicyclic) bond motifs is 1. The minimum absolute atomic E-state index is 0.0792. The second-order valence-corrected chi connectivity index (χ2v) is 13.0. The third-order valence-corrected chi connectivity index (χ3v) is 10.3. The number of thioether (sulfide) groups is 2. The highest BCUT2D eigenvalue weighted by atomic mass is 32.2. The third-order valence-electron chi connectivity index (χ3n) is 7.27. The molecule has 0 aromatic carbocycles. The maximum Gasteiger partial charge on any atom is 0.352 e. The van der Waals surface area contributed by atoms with Gasteiger partial charge in [-0.1, -0.05) is 23.0 Å². The first kappa shape index (κ1) is 31.9. The number of aromatic nitrogens is 5. The van der Waals surface area contributed by atoms with Gasteiger partial charge in [-0.05, 0) is 22.4 Å². The van der Waals surface area contributed by atoms with Gasteiger partial charge in [0, 0.05) is 62.7 Å². The Kier molecular flexibility index (Phi) is 10.5. The maximum absolute atomic E-state index is 13.1. The highest BCUT2D eigenvalue weighted by Gasteiger charge is 2.54. The molecule has 3 aliphatic heterocycles. The first-order valence-electron chi connectivity index (χ1n) is 13.8. The Morgan fingerprint density at radius 3 is 2.75 bits per heavy atom. The summed E-state index contributed by atoms with van der Waals surface area (Å²) in [5.41, 5.74) is 6.25. The van der Waals surface area contributed by atoms with Crippen molar-refractivity contribution in [1.29, 1.82) is 0 Å². The summed E-state index contributed by atoms with van der Waals surface area (Å²) >= 11 is 3.84. The van der Waals surface area contributed by atoms with E-state index in [1.165, 1.54) is 35.5 Å². The van der Waals surface area contributed by atoms with E-state index < -0.39 is 29.2 Å². The molecule has 0 aliphatic carbocycles. The number of hydrogen-bond acceptors (Lipinski definition) is 15. The predicted octanol–water partition coefficient (Wildman–Crippen LogP) is -0.213. The molecule has 236 valence electrons. The summed E-state index contributed by atoms with van der Waals surface area (Å²) in [7, 11) is 1.28. The maximum atomic E-state index is 13.1. The van der Waals surface area contributed by atoms with E-state index in [0.717, 1.165) is 57.0 Å². The van der Waals surface area contributed by atoms with Crippen LogP contribution in [0, 0.1) is 0 Å². The number of carboxylic acid groups (broad SMARTS) is 1. The van der Waals surface area contributed by atoms with E-state index in [0.29, 0.717) is 28.8 Å². The molecule has 3 aliphatic rings. The van der Waals surface area contributed by atoms with E-state index in [2.05, 4.69) is 47.4 Å². The fraction of sp³-hybridized carbons (Fsp3) is 0.520. The van der Waals surface area contributed by atoms with Crippen LogP contribution in [-0.2, 0) is 25.8 Å². The van der Waals surface area contributed by atoms with E-state index in [-0.39, 0.29) is 22.2 Å². The molecule has 5 heterocycles. The van der Waals surface area contributed by atoms with E-state index >= 15 is 0 Å². The van der Waals surface area contributed by atoms with Crippen molar-refractivity contribution in [1.82, 2.24) is 45.2 Å². The number of piperazine rings is 1. The van der Waals surface area contributed by atoms with Crippen LogP contribution in [0.25, 0.3) is 0 Å². The molecule has 0 bridgehead atoms. The number of tetrazole rings is 1. The van der Waals surface area contributed by atoms with Gasteiger partial charge in [-0.3, -0.25) is 19.4 Å². The Morgan fingerprint density at radius 2 is 2.07 bits per heavy atom. The molecule has 5 rings (SSSR count). The van der Waals surface area contributed by atoms with Gasteiger partial charge in [0.15, 0.2) is 10.8 Å². The SMILES string of the molecule is C=CCN1CCN(CCCn2nnnc2SCC2=C(C(=O)O)N3C(=O)C(NC(=O)/C(=N/OC)c4csc(N)n4)[C@H]3SC2)CC1. The van der Waals surface area contributed by atoms with Crippen molar-refractivity contribution in [2.24, 2.45) is 5.16 Å². The molecule has 4 N–H and O–H groups in total. The first-order chi connectivity index (χ1) is 21.3. The van der Waals surface area contributed by atoms with Gasteiger partial charge in [-0.2, -0.15) is 0 Å². The lowest BCUT2D eigenvalue weighted by Crippen LogP contribution is -2.71. The van der Waals surface area contributed by atoms with E-state index in [1.54, 1.807) is 10.1 Å². The number of aryl methyl sites for hydroxylation is 1. The summed E-state index contributed by atoms with van der Waals surface area (Å²) in [4.78, 5) is 53.3. The molecule has 0 radical (unpaired) electrons. The van der Waals surface area contributed by atoms with Crippen molar-refractivity contribution in [3.05, 3.63) is 35.0 Å². The van der Waals surface area contributed by atoms with Gasteiger partial charge in [-0.25, -0.2) is 14.5 Å². The van der Waals surface area contributed by atoms with Crippen molar-refractivity contribution in [2.45, 2.75) is 29.5 Å². The van der Waals surface area contributed by atoms with Crippen molar-refractivity contribution in [2.75, 3.05) is 63.6 Å². The Bertz CT molecular complexity index is 1450. The molecule has 2 fully saturated rings. The standard InChI is InChI=1S/C25H33N11O5S3/c1-3-5-33-8-10-34(11-9-33)6-4-7-35-25(29-31-32-35)44-13-15-12-42-22-18(21(38)36(22)19(15)23(39)40)28-20(37)17(30-41-2)16-14-43-24(26)27-16/h3,14,18,22H,1,4-13H2,2H3,(H2,26,27)(H,28,37)(H,39,40)/b30-17+/t18?,22-/m1/s1. The zero-order chi connectivity index (χ0) is 31.2. The molecule has 19 heteroatoms. The van der Waals surface area contributed by atoms with E-state index in [9.17, 15) is 19.5 Å². The number of nitrogen functional groups attached to an aromatic ring is 1. The fourth-order valence-corrected chi connectivity index (χ4v) is 8.05. The Balaban J connectivity index is 1.17. The number of aliphatic carboxylic acids is 1.